The third kappa shape index (κ3) is 3.19. The van der Waals surface area contributed by atoms with Gasteiger partial charge in [0.1, 0.15) is 6.04 Å². The molecule has 1 unspecified atom stereocenters. The quantitative estimate of drug-likeness (QED) is 0.494. The Hall–Kier alpha value is -2.02. The number of nitrogens with zero attached hydrogens (tertiary/aromatic N) is 3. The second-order valence-electron chi connectivity index (χ2n) is 7.80. The molecule has 2 aliphatic rings. The Labute approximate surface area is 174 Å². The van der Waals surface area contributed by atoms with E-state index >= 15 is 0 Å². The van der Waals surface area contributed by atoms with Crippen LogP contribution in [0.15, 0.2) is 54.4 Å². The van der Waals surface area contributed by atoms with Gasteiger partial charge in [-0.15, -0.1) is 23.0 Å². The van der Waals surface area contributed by atoms with Gasteiger partial charge in [0.15, 0.2) is 12.5 Å². The van der Waals surface area contributed by atoms with Crippen LogP contribution in [-0.2, 0) is 19.6 Å². The van der Waals surface area contributed by atoms with E-state index in [1.54, 1.807) is 15.3 Å². The maximum absolute atomic E-state index is 5.83. The number of allylic oxidation sites excluding steroid dienone is 1. The van der Waals surface area contributed by atoms with Crippen molar-refractivity contribution in [1.29, 1.82) is 0 Å². The maximum atomic E-state index is 5.83. The molecule has 0 saturated heterocycles. The Kier molecular flexibility index (Phi) is 4.78. The number of fused-ring (bicyclic) bond motifs is 1. The molecule has 0 amide bonds. The van der Waals surface area contributed by atoms with Gasteiger partial charge in [-0.05, 0) is 36.5 Å². The summed E-state index contributed by atoms with van der Waals surface area (Å²) < 4.78 is 4.93. The molecule has 1 aromatic carbocycles. The van der Waals surface area contributed by atoms with Crippen molar-refractivity contribution in [3.63, 3.8) is 0 Å². The van der Waals surface area contributed by atoms with Gasteiger partial charge in [-0.2, -0.15) is 4.68 Å². The minimum absolute atomic E-state index is 0.599. The zero-order valence-electron chi connectivity index (χ0n) is 15.9. The SMILES string of the molecule is C=CCn1c(-c2ccccc2)nn(C[NH+]2CCc3sccc3[C@@H]2C2CC2)c1=S. The van der Waals surface area contributed by atoms with E-state index in [4.69, 9.17) is 17.3 Å². The van der Waals surface area contributed by atoms with E-state index in [1.165, 1.54) is 12.8 Å². The van der Waals surface area contributed by atoms with Crippen LogP contribution in [0, 0.1) is 10.7 Å². The number of hydrogen-bond donors (Lipinski definition) is 1. The van der Waals surface area contributed by atoms with E-state index in [9.17, 15) is 0 Å². The summed E-state index contributed by atoms with van der Waals surface area (Å²) in [6, 6.07) is 13.3. The number of quaternary nitrogens is 1. The van der Waals surface area contributed by atoms with E-state index in [-0.39, 0.29) is 0 Å². The van der Waals surface area contributed by atoms with Gasteiger partial charge in [0.25, 0.3) is 0 Å². The Morgan fingerprint density at radius 3 is 2.82 bits per heavy atom. The molecule has 6 heteroatoms. The molecular weight excluding hydrogens is 384 g/mol. The lowest BCUT2D eigenvalue weighted by atomic mass is 9.96. The summed E-state index contributed by atoms with van der Waals surface area (Å²) in [5.74, 6) is 1.75. The van der Waals surface area contributed by atoms with Crippen molar-refractivity contribution in [1.82, 2.24) is 14.3 Å². The molecule has 2 aromatic heterocycles. The van der Waals surface area contributed by atoms with E-state index in [2.05, 4.69) is 34.7 Å². The lowest BCUT2D eigenvalue weighted by molar-refractivity contribution is -0.958. The molecule has 1 saturated carbocycles. The van der Waals surface area contributed by atoms with E-state index in [0.717, 1.165) is 41.7 Å². The zero-order chi connectivity index (χ0) is 19.1. The van der Waals surface area contributed by atoms with Gasteiger partial charge in [-0.3, -0.25) is 4.57 Å². The highest BCUT2D eigenvalue weighted by molar-refractivity contribution is 7.71. The summed E-state index contributed by atoms with van der Waals surface area (Å²) >= 11 is 7.76. The van der Waals surface area contributed by atoms with Crippen LogP contribution in [0.4, 0.5) is 0 Å². The van der Waals surface area contributed by atoms with Crippen LogP contribution in [-0.4, -0.2) is 20.9 Å². The Balaban J connectivity index is 1.50. The van der Waals surface area contributed by atoms with Crippen LogP contribution >= 0.6 is 23.6 Å². The highest BCUT2D eigenvalue weighted by Gasteiger charge is 2.43. The van der Waals surface area contributed by atoms with Crippen LogP contribution in [0.25, 0.3) is 11.4 Å². The normalized spacial score (nSPS) is 21.4. The smallest absolute Gasteiger partial charge is 0.203 e. The van der Waals surface area contributed by atoms with Gasteiger partial charge in [-0.25, -0.2) is 0 Å². The summed E-state index contributed by atoms with van der Waals surface area (Å²) in [7, 11) is 0. The van der Waals surface area contributed by atoms with Gasteiger partial charge in [-0.1, -0.05) is 36.4 Å². The molecule has 1 aliphatic carbocycles. The van der Waals surface area contributed by atoms with Crippen molar-refractivity contribution in [2.75, 3.05) is 6.54 Å². The van der Waals surface area contributed by atoms with E-state index in [0.29, 0.717) is 12.6 Å². The van der Waals surface area contributed by atoms with Crippen molar-refractivity contribution < 1.29 is 4.90 Å². The first-order valence-corrected chi connectivity index (χ1v) is 11.3. The first kappa shape index (κ1) is 18.0. The summed E-state index contributed by atoms with van der Waals surface area (Å²) in [6.45, 7) is 6.58. The van der Waals surface area contributed by atoms with Crippen molar-refractivity contribution in [3.8, 4) is 11.4 Å². The fraction of sp³-hybridized carbons (Fsp3) is 0.364. The van der Waals surface area contributed by atoms with Crippen molar-refractivity contribution >= 4 is 23.6 Å². The van der Waals surface area contributed by atoms with Gasteiger partial charge >= 0.3 is 0 Å². The Morgan fingerprint density at radius 1 is 1.25 bits per heavy atom. The molecule has 2 atom stereocenters. The standard InChI is InChI=1S/C22H24N4S2/c1-2-12-25-21(17-6-4-3-5-7-17)23-26(22(25)27)15-24-13-10-19-18(11-14-28-19)20(24)16-8-9-16/h2-7,11,14,16,20H,1,8-10,12-13,15H2/p+1/t20-/m0/s1. The average Bonchev–Trinajstić information content (AvgIpc) is 3.37. The summed E-state index contributed by atoms with van der Waals surface area (Å²) in [4.78, 5) is 3.19. The molecule has 0 bridgehead atoms. The van der Waals surface area contributed by atoms with Gasteiger partial charge in [0.05, 0.1) is 6.54 Å². The maximum Gasteiger partial charge on any atom is 0.203 e. The Morgan fingerprint density at radius 2 is 2.07 bits per heavy atom. The molecule has 3 aromatic rings. The predicted molar refractivity (Wildman–Crippen MR) is 116 cm³/mol. The molecule has 144 valence electrons. The van der Waals surface area contributed by atoms with Gasteiger partial charge in [0, 0.05) is 34.9 Å². The number of aromatic nitrogens is 3. The van der Waals surface area contributed by atoms with Crippen molar-refractivity contribution in [2.45, 2.75) is 38.5 Å². The molecule has 1 fully saturated rings. The summed E-state index contributed by atoms with van der Waals surface area (Å²) in [5.41, 5.74) is 2.68. The second kappa shape index (κ2) is 7.43. The van der Waals surface area contributed by atoms with Crippen LogP contribution < -0.4 is 4.90 Å². The highest BCUT2D eigenvalue weighted by atomic mass is 32.1. The molecule has 3 heterocycles. The lowest BCUT2D eigenvalue weighted by Crippen LogP contribution is -3.13. The lowest BCUT2D eigenvalue weighted by Gasteiger charge is -2.32. The van der Waals surface area contributed by atoms with Gasteiger partial charge in [0.2, 0.25) is 4.77 Å². The molecule has 0 radical (unpaired) electrons. The number of thiophene rings is 1. The van der Waals surface area contributed by atoms with E-state index in [1.807, 2.05) is 40.3 Å². The first-order chi connectivity index (χ1) is 13.8. The third-order valence-corrected chi connectivity index (χ3v) is 7.37. The number of nitrogens with one attached hydrogen (secondary N) is 1. The molecular formula is C22H25N4S2+. The van der Waals surface area contributed by atoms with Crippen LogP contribution in [0.3, 0.4) is 0 Å². The molecule has 4 nitrogen and oxygen atoms in total. The zero-order valence-corrected chi connectivity index (χ0v) is 17.5. The summed E-state index contributed by atoms with van der Waals surface area (Å²) in [5, 5.41) is 7.22. The highest BCUT2D eigenvalue weighted by Crippen LogP contribution is 2.42. The monoisotopic (exact) mass is 409 g/mol. The van der Waals surface area contributed by atoms with Crippen LogP contribution in [0.1, 0.15) is 29.3 Å². The first-order valence-electron chi connectivity index (χ1n) is 10.0. The number of rotatable bonds is 6. The largest absolute Gasteiger partial charge is 0.310 e. The van der Waals surface area contributed by atoms with Gasteiger partial charge < -0.3 is 4.90 Å². The molecule has 28 heavy (non-hydrogen) atoms. The molecule has 5 rings (SSSR count). The fourth-order valence-corrected chi connectivity index (χ4v) is 5.70. The fourth-order valence-electron chi connectivity index (χ4n) is 4.51. The molecule has 0 spiro atoms. The predicted octanol–water partition coefficient (Wildman–Crippen LogP) is 3.88. The van der Waals surface area contributed by atoms with Crippen molar-refractivity contribution in [3.05, 3.63) is 69.6 Å². The van der Waals surface area contributed by atoms with Crippen LogP contribution in [0.5, 0.6) is 0 Å². The second-order valence-corrected chi connectivity index (χ2v) is 9.17. The van der Waals surface area contributed by atoms with E-state index < -0.39 is 0 Å². The van der Waals surface area contributed by atoms with Crippen molar-refractivity contribution in [2.24, 2.45) is 5.92 Å². The number of hydrogen-bond acceptors (Lipinski definition) is 3. The third-order valence-electron chi connectivity index (χ3n) is 5.94. The average molecular weight is 410 g/mol. The Bertz CT molecular complexity index is 1040. The molecule has 1 aliphatic heterocycles. The summed E-state index contributed by atoms with van der Waals surface area (Å²) in [6.07, 6.45) is 5.77. The minimum Gasteiger partial charge on any atom is -0.310 e. The number of benzene rings is 1. The minimum atomic E-state index is 0.599. The van der Waals surface area contributed by atoms with Crippen LogP contribution in [0.2, 0.25) is 0 Å². The topological polar surface area (TPSA) is 27.2 Å². The molecule has 1 N–H and O–H groups in total.